The third-order valence-electron chi connectivity index (χ3n) is 6.20. The van der Waals surface area contributed by atoms with E-state index in [-0.39, 0.29) is 5.41 Å². The second-order valence-corrected chi connectivity index (χ2v) is 7.28. The van der Waals surface area contributed by atoms with Gasteiger partial charge in [0.2, 0.25) is 0 Å². The van der Waals surface area contributed by atoms with Gasteiger partial charge >= 0.3 is 0 Å². The van der Waals surface area contributed by atoms with Crippen molar-refractivity contribution >= 4 is 5.78 Å². The zero-order chi connectivity index (χ0) is 15.4. The molecule has 0 N–H and O–H groups in total. The van der Waals surface area contributed by atoms with Crippen LogP contribution in [-0.2, 0) is 16.6 Å². The van der Waals surface area contributed by atoms with Gasteiger partial charge in [-0.1, -0.05) is 60.2 Å². The summed E-state index contributed by atoms with van der Waals surface area (Å²) < 4.78 is 0. The Morgan fingerprint density at radius 2 is 1.83 bits per heavy atom. The number of fused-ring (bicyclic) bond motifs is 5. The van der Waals surface area contributed by atoms with Crippen molar-refractivity contribution in [2.45, 2.75) is 37.5 Å². The van der Waals surface area contributed by atoms with Crippen LogP contribution in [-0.4, -0.2) is 5.78 Å². The minimum atomic E-state index is -0.232. The Kier molecular flexibility index (Phi) is 2.70. The summed E-state index contributed by atoms with van der Waals surface area (Å²) in [7, 11) is 0. The van der Waals surface area contributed by atoms with Gasteiger partial charge < -0.3 is 0 Å². The number of allylic oxidation sites excluding steroid dienone is 2. The lowest BCUT2D eigenvalue weighted by atomic mass is 9.60. The third kappa shape index (κ3) is 1.71. The zero-order valence-corrected chi connectivity index (χ0v) is 13.2. The van der Waals surface area contributed by atoms with Gasteiger partial charge in [-0.3, -0.25) is 4.79 Å². The van der Waals surface area contributed by atoms with Crippen molar-refractivity contribution < 1.29 is 4.79 Å². The molecule has 23 heavy (non-hydrogen) atoms. The minimum Gasteiger partial charge on any atom is -0.299 e. The van der Waals surface area contributed by atoms with Gasteiger partial charge in [-0.05, 0) is 53.9 Å². The summed E-state index contributed by atoms with van der Waals surface area (Å²) in [4.78, 5) is 13.1. The summed E-state index contributed by atoms with van der Waals surface area (Å²) in [6.45, 7) is 0. The van der Waals surface area contributed by atoms with Crippen molar-refractivity contribution in [2.75, 3.05) is 0 Å². The molecule has 0 saturated heterocycles. The molecule has 2 aromatic rings. The van der Waals surface area contributed by atoms with Crippen LogP contribution in [0.15, 0.2) is 60.2 Å². The molecule has 114 valence electrons. The van der Waals surface area contributed by atoms with E-state index in [1.807, 2.05) is 0 Å². The summed E-state index contributed by atoms with van der Waals surface area (Å²) in [6, 6.07) is 17.2. The van der Waals surface area contributed by atoms with E-state index in [2.05, 4.69) is 54.6 Å². The molecule has 0 aromatic heterocycles. The van der Waals surface area contributed by atoms with Crippen LogP contribution in [0.1, 0.15) is 36.8 Å². The van der Waals surface area contributed by atoms with Gasteiger partial charge in [0.1, 0.15) is 5.78 Å². The van der Waals surface area contributed by atoms with Gasteiger partial charge in [0.25, 0.3) is 0 Å². The van der Waals surface area contributed by atoms with Crippen molar-refractivity contribution in [2.24, 2.45) is 5.92 Å². The molecule has 2 bridgehead atoms. The van der Waals surface area contributed by atoms with Crippen LogP contribution in [0.4, 0.5) is 0 Å². The molecule has 5 rings (SSSR count). The smallest absolute Gasteiger partial charge is 0.144 e. The molecule has 1 saturated carbocycles. The summed E-state index contributed by atoms with van der Waals surface area (Å²) in [5.74, 6) is 0.982. The zero-order valence-electron chi connectivity index (χ0n) is 13.2. The first-order valence-electron chi connectivity index (χ1n) is 8.68. The molecule has 2 unspecified atom stereocenters. The Balaban J connectivity index is 1.80. The maximum absolute atomic E-state index is 13.1. The molecule has 3 aliphatic carbocycles. The van der Waals surface area contributed by atoms with Crippen molar-refractivity contribution in [3.05, 3.63) is 71.3 Å². The molecule has 3 aliphatic rings. The SMILES string of the molecule is O=C1CCc2cccc(-c3ccccc3)c2C12CC1=CCC2C1. The average Bonchev–Trinajstić information content (AvgIpc) is 3.21. The van der Waals surface area contributed by atoms with E-state index in [0.717, 1.165) is 32.1 Å². The number of hydrogen-bond acceptors (Lipinski definition) is 1. The van der Waals surface area contributed by atoms with Crippen LogP contribution in [0, 0.1) is 5.92 Å². The number of Topliss-reactive ketones (excluding diaryl/α,β-unsaturated/α-hetero) is 1. The van der Waals surface area contributed by atoms with Gasteiger partial charge in [-0.25, -0.2) is 0 Å². The summed E-state index contributed by atoms with van der Waals surface area (Å²) in [6.07, 6.45) is 7.19. The van der Waals surface area contributed by atoms with E-state index in [4.69, 9.17) is 0 Å². The first kappa shape index (κ1) is 13.3. The van der Waals surface area contributed by atoms with E-state index in [1.54, 1.807) is 0 Å². The standard InChI is InChI=1S/C22H20O/c23-20-12-10-17-7-4-8-19(16-5-2-1-3-6-16)21(17)22(20)14-15-9-11-18(22)13-15/h1-9,18H,10-14H2. The number of hydrogen-bond donors (Lipinski definition) is 0. The second-order valence-electron chi connectivity index (χ2n) is 7.28. The average molecular weight is 300 g/mol. The molecule has 0 amide bonds. The minimum absolute atomic E-state index is 0.232. The summed E-state index contributed by atoms with van der Waals surface area (Å²) in [5.41, 5.74) is 6.57. The van der Waals surface area contributed by atoms with E-state index < -0.39 is 0 Å². The van der Waals surface area contributed by atoms with Crippen molar-refractivity contribution in [1.29, 1.82) is 0 Å². The van der Waals surface area contributed by atoms with E-state index in [0.29, 0.717) is 11.7 Å². The Morgan fingerprint density at radius 3 is 2.57 bits per heavy atom. The van der Waals surface area contributed by atoms with Crippen LogP contribution >= 0.6 is 0 Å². The van der Waals surface area contributed by atoms with Crippen LogP contribution in [0.2, 0.25) is 0 Å². The first-order chi connectivity index (χ1) is 11.3. The fraction of sp³-hybridized carbons (Fsp3) is 0.318. The molecule has 1 heteroatoms. The molecule has 2 atom stereocenters. The monoisotopic (exact) mass is 300 g/mol. The summed E-state index contributed by atoms with van der Waals surface area (Å²) in [5, 5.41) is 0. The molecule has 2 aromatic carbocycles. The third-order valence-corrected chi connectivity index (χ3v) is 6.20. The van der Waals surface area contributed by atoms with E-state index >= 15 is 0 Å². The maximum Gasteiger partial charge on any atom is 0.144 e. The predicted octanol–water partition coefficient (Wildman–Crippen LogP) is 4.85. The Morgan fingerprint density at radius 1 is 0.957 bits per heavy atom. The number of rotatable bonds is 1. The summed E-state index contributed by atoms with van der Waals surface area (Å²) >= 11 is 0. The number of carbonyl (C=O) groups is 1. The van der Waals surface area contributed by atoms with E-state index in [1.165, 1.54) is 27.8 Å². The van der Waals surface area contributed by atoms with Crippen molar-refractivity contribution in [1.82, 2.24) is 0 Å². The first-order valence-corrected chi connectivity index (χ1v) is 8.68. The maximum atomic E-state index is 13.1. The fourth-order valence-electron chi connectivity index (χ4n) is 5.24. The number of aryl methyl sites for hydroxylation is 1. The number of carbonyl (C=O) groups excluding carboxylic acids is 1. The van der Waals surface area contributed by atoms with Crippen LogP contribution in [0.5, 0.6) is 0 Å². The highest BCUT2D eigenvalue weighted by atomic mass is 16.1. The van der Waals surface area contributed by atoms with Crippen molar-refractivity contribution in [3.8, 4) is 11.1 Å². The van der Waals surface area contributed by atoms with Gasteiger partial charge in [0, 0.05) is 6.42 Å². The molecule has 1 spiro atoms. The lowest BCUT2D eigenvalue weighted by Gasteiger charge is -2.41. The molecule has 0 heterocycles. The topological polar surface area (TPSA) is 17.1 Å². The Bertz CT molecular complexity index is 830. The lowest BCUT2D eigenvalue weighted by Crippen LogP contribution is -2.44. The highest BCUT2D eigenvalue weighted by Crippen LogP contribution is 2.58. The van der Waals surface area contributed by atoms with Gasteiger partial charge in [0.15, 0.2) is 0 Å². The van der Waals surface area contributed by atoms with Gasteiger partial charge in [-0.15, -0.1) is 0 Å². The second kappa shape index (κ2) is 4.67. The Labute approximate surface area is 137 Å². The van der Waals surface area contributed by atoms with Crippen molar-refractivity contribution in [3.63, 3.8) is 0 Å². The van der Waals surface area contributed by atoms with Crippen LogP contribution < -0.4 is 0 Å². The predicted molar refractivity (Wildman–Crippen MR) is 92.3 cm³/mol. The molecule has 0 radical (unpaired) electrons. The van der Waals surface area contributed by atoms with Gasteiger partial charge in [-0.2, -0.15) is 0 Å². The lowest BCUT2D eigenvalue weighted by molar-refractivity contribution is -0.126. The van der Waals surface area contributed by atoms with Crippen LogP contribution in [0.25, 0.3) is 11.1 Å². The molecule has 1 fully saturated rings. The molecule has 1 nitrogen and oxygen atoms in total. The van der Waals surface area contributed by atoms with Gasteiger partial charge in [0.05, 0.1) is 5.41 Å². The molecule has 0 aliphatic heterocycles. The molecular formula is C22H20O. The highest BCUT2D eigenvalue weighted by Gasteiger charge is 2.55. The normalized spacial score (nSPS) is 28.1. The van der Waals surface area contributed by atoms with Crippen LogP contribution in [0.3, 0.4) is 0 Å². The largest absolute Gasteiger partial charge is 0.299 e. The highest BCUT2D eigenvalue weighted by molar-refractivity contribution is 5.96. The van der Waals surface area contributed by atoms with E-state index in [9.17, 15) is 4.79 Å². The number of benzene rings is 2. The quantitative estimate of drug-likeness (QED) is 0.688. The number of ketones is 1. The fourth-order valence-corrected chi connectivity index (χ4v) is 5.24. The Hall–Kier alpha value is -2.15. The molecular weight excluding hydrogens is 280 g/mol.